The van der Waals surface area contributed by atoms with Crippen molar-refractivity contribution in [2.75, 3.05) is 13.7 Å². The average Bonchev–Trinajstić information content (AvgIpc) is 2.34. The molecule has 5 heteroatoms. The first-order chi connectivity index (χ1) is 8.15. The molecule has 0 radical (unpaired) electrons. The van der Waals surface area contributed by atoms with E-state index in [0.717, 1.165) is 0 Å². The van der Waals surface area contributed by atoms with Crippen LogP contribution >= 0.6 is 0 Å². The summed E-state index contributed by atoms with van der Waals surface area (Å²) in [6.45, 7) is 4.05. The lowest BCUT2D eigenvalue weighted by Gasteiger charge is -2.11. The molecule has 0 spiro atoms. The summed E-state index contributed by atoms with van der Waals surface area (Å²) in [5, 5.41) is 0. The van der Waals surface area contributed by atoms with E-state index in [0.29, 0.717) is 17.9 Å². The number of benzene rings is 1. The van der Waals surface area contributed by atoms with Crippen LogP contribution in [0.2, 0.25) is 0 Å². The zero-order valence-corrected chi connectivity index (χ0v) is 9.94. The largest absolute Gasteiger partial charge is 0.494 e. The van der Waals surface area contributed by atoms with Gasteiger partial charge in [0, 0.05) is 5.56 Å². The van der Waals surface area contributed by atoms with Gasteiger partial charge < -0.3 is 9.47 Å². The third kappa shape index (κ3) is 2.71. The number of aliphatic imine (C=N–C) groups is 1. The van der Waals surface area contributed by atoms with Crippen LogP contribution in [0.25, 0.3) is 0 Å². The lowest BCUT2D eigenvalue weighted by molar-refractivity contribution is 0.0601. The van der Waals surface area contributed by atoms with E-state index in [9.17, 15) is 9.59 Å². The van der Waals surface area contributed by atoms with Crippen LogP contribution in [0.3, 0.4) is 0 Å². The highest BCUT2D eigenvalue weighted by atomic mass is 16.5. The number of rotatable bonds is 4. The number of carbonyl (C=O) groups is 1. The maximum absolute atomic E-state index is 11.5. The zero-order chi connectivity index (χ0) is 12.8. The van der Waals surface area contributed by atoms with Crippen LogP contribution in [0, 0.1) is 6.92 Å². The molecule has 1 rings (SSSR count). The van der Waals surface area contributed by atoms with E-state index in [1.165, 1.54) is 19.3 Å². The molecule has 0 heterocycles. The van der Waals surface area contributed by atoms with E-state index >= 15 is 0 Å². The highest BCUT2D eigenvalue weighted by Crippen LogP contribution is 2.32. The normalized spacial score (nSPS) is 9.35. The lowest BCUT2D eigenvalue weighted by Crippen LogP contribution is -2.04. The van der Waals surface area contributed by atoms with Gasteiger partial charge in [0.1, 0.15) is 5.75 Å². The number of isocyanates is 1. The number of hydrogen-bond acceptors (Lipinski definition) is 5. The van der Waals surface area contributed by atoms with Crippen molar-refractivity contribution in [1.29, 1.82) is 0 Å². The molecular formula is C12H13NO4. The quantitative estimate of drug-likeness (QED) is 0.455. The van der Waals surface area contributed by atoms with E-state index in [4.69, 9.17) is 4.74 Å². The second-order valence-corrected chi connectivity index (χ2v) is 3.21. The summed E-state index contributed by atoms with van der Waals surface area (Å²) < 4.78 is 9.96. The molecule has 90 valence electrons. The van der Waals surface area contributed by atoms with E-state index in [-0.39, 0.29) is 11.3 Å². The number of ether oxygens (including phenoxy) is 2. The Morgan fingerprint density at radius 2 is 2.18 bits per heavy atom. The first kappa shape index (κ1) is 12.9. The molecule has 0 amide bonds. The molecular weight excluding hydrogens is 222 g/mol. The molecule has 0 aliphatic rings. The van der Waals surface area contributed by atoms with Crippen molar-refractivity contribution in [1.82, 2.24) is 0 Å². The molecule has 0 unspecified atom stereocenters. The number of esters is 1. The zero-order valence-electron chi connectivity index (χ0n) is 9.94. The van der Waals surface area contributed by atoms with Gasteiger partial charge in [0.05, 0.1) is 25.0 Å². The van der Waals surface area contributed by atoms with Gasteiger partial charge >= 0.3 is 5.97 Å². The molecule has 0 aromatic heterocycles. The van der Waals surface area contributed by atoms with Crippen LogP contribution in [0.15, 0.2) is 17.1 Å². The predicted molar refractivity (Wildman–Crippen MR) is 61.5 cm³/mol. The van der Waals surface area contributed by atoms with Gasteiger partial charge in [-0.2, -0.15) is 4.99 Å². The summed E-state index contributed by atoms with van der Waals surface area (Å²) in [6, 6.07) is 3.16. The number of nitrogens with zero attached hydrogens (tertiary/aromatic N) is 1. The van der Waals surface area contributed by atoms with Gasteiger partial charge in [-0.25, -0.2) is 9.59 Å². The fraction of sp³-hybridized carbons (Fsp3) is 0.333. The Hall–Kier alpha value is -2.13. The lowest BCUT2D eigenvalue weighted by atomic mass is 10.1. The summed E-state index contributed by atoms with van der Waals surface area (Å²) in [7, 11) is 1.27. The minimum atomic E-state index is -0.551. The highest BCUT2D eigenvalue weighted by molar-refractivity contribution is 5.96. The van der Waals surface area contributed by atoms with E-state index in [2.05, 4.69) is 9.73 Å². The molecule has 0 bridgehead atoms. The summed E-state index contributed by atoms with van der Waals surface area (Å²) >= 11 is 0. The van der Waals surface area contributed by atoms with Crippen molar-refractivity contribution in [3.8, 4) is 5.75 Å². The maximum atomic E-state index is 11.5. The minimum Gasteiger partial charge on any atom is -0.494 e. The maximum Gasteiger partial charge on any atom is 0.340 e. The summed E-state index contributed by atoms with van der Waals surface area (Å²) in [5.74, 6) is 0.0271. The van der Waals surface area contributed by atoms with E-state index in [1.54, 1.807) is 13.0 Å². The highest BCUT2D eigenvalue weighted by Gasteiger charge is 2.16. The van der Waals surface area contributed by atoms with Crippen LogP contribution in [0.5, 0.6) is 5.75 Å². The first-order valence-electron chi connectivity index (χ1n) is 5.08. The van der Waals surface area contributed by atoms with Crippen LogP contribution < -0.4 is 4.74 Å². The van der Waals surface area contributed by atoms with Crippen LogP contribution in [-0.4, -0.2) is 25.8 Å². The van der Waals surface area contributed by atoms with Crippen molar-refractivity contribution in [3.63, 3.8) is 0 Å². The smallest absolute Gasteiger partial charge is 0.340 e. The van der Waals surface area contributed by atoms with E-state index < -0.39 is 5.97 Å². The SMILES string of the molecule is CCOc1ccc(C(=O)OC)c(N=C=O)c1C. The van der Waals surface area contributed by atoms with Gasteiger partial charge in [-0.15, -0.1) is 0 Å². The molecule has 0 saturated carbocycles. The minimum absolute atomic E-state index is 0.219. The second kappa shape index (κ2) is 5.82. The Labute approximate surface area is 99.1 Å². The molecule has 0 aliphatic heterocycles. The van der Waals surface area contributed by atoms with Crippen molar-refractivity contribution < 1.29 is 19.1 Å². The summed E-state index contributed by atoms with van der Waals surface area (Å²) in [4.78, 5) is 25.4. The molecule has 0 fully saturated rings. The van der Waals surface area contributed by atoms with Crippen molar-refractivity contribution in [2.24, 2.45) is 4.99 Å². The van der Waals surface area contributed by atoms with Crippen LogP contribution in [0.4, 0.5) is 5.69 Å². The van der Waals surface area contributed by atoms with Gasteiger partial charge in [0.25, 0.3) is 0 Å². The molecule has 5 nitrogen and oxygen atoms in total. The standard InChI is InChI=1S/C12H13NO4/c1-4-17-10-6-5-9(12(15)16-3)11(8(10)2)13-7-14/h5-6H,4H2,1-3H3. The van der Waals surface area contributed by atoms with Gasteiger partial charge in [-0.1, -0.05) is 0 Å². The van der Waals surface area contributed by atoms with Crippen molar-refractivity contribution in [2.45, 2.75) is 13.8 Å². The Bertz CT molecular complexity index is 476. The molecule has 0 N–H and O–H groups in total. The average molecular weight is 235 g/mol. The summed E-state index contributed by atoms with van der Waals surface area (Å²) in [6.07, 6.45) is 1.43. The number of carbonyl (C=O) groups excluding carboxylic acids is 2. The molecule has 0 saturated heterocycles. The molecule has 17 heavy (non-hydrogen) atoms. The molecule has 1 aromatic rings. The Balaban J connectivity index is 3.38. The van der Waals surface area contributed by atoms with Crippen molar-refractivity contribution in [3.05, 3.63) is 23.3 Å². The van der Waals surface area contributed by atoms with Crippen molar-refractivity contribution >= 4 is 17.7 Å². The first-order valence-corrected chi connectivity index (χ1v) is 5.08. The molecule has 1 aromatic carbocycles. The van der Waals surface area contributed by atoms with Crippen LogP contribution in [-0.2, 0) is 9.53 Å². The van der Waals surface area contributed by atoms with Gasteiger partial charge in [-0.05, 0) is 26.0 Å². The fourth-order valence-electron chi connectivity index (χ4n) is 1.46. The topological polar surface area (TPSA) is 65.0 Å². The van der Waals surface area contributed by atoms with Crippen LogP contribution in [0.1, 0.15) is 22.8 Å². The number of methoxy groups -OCH3 is 1. The molecule has 0 atom stereocenters. The number of hydrogen-bond donors (Lipinski definition) is 0. The second-order valence-electron chi connectivity index (χ2n) is 3.21. The Morgan fingerprint density at radius 1 is 1.47 bits per heavy atom. The van der Waals surface area contributed by atoms with Gasteiger partial charge in [0.15, 0.2) is 0 Å². The Kier molecular flexibility index (Phi) is 4.43. The van der Waals surface area contributed by atoms with Gasteiger partial charge in [-0.3, -0.25) is 0 Å². The third-order valence-corrected chi connectivity index (χ3v) is 2.24. The van der Waals surface area contributed by atoms with Gasteiger partial charge in [0.2, 0.25) is 6.08 Å². The predicted octanol–water partition coefficient (Wildman–Crippen LogP) is 2.15. The monoisotopic (exact) mass is 235 g/mol. The van der Waals surface area contributed by atoms with E-state index in [1.807, 2.05) is 6.92 Å². The Morgan fingerprint density at radius 3 is 2.71 bits per heavy atom. The fourth-order valence-corrected chi connectivity index (χ4v) is 1.46. The third-order valence-electron chi connectivity index (χ3n) is 2.24. The molecule has 0 aliphatic carbocycles. The summed E-state index contributed by atoms with van der Waals surface area (Å²) in [5.41, 5.74) is 1.06.